The van der Waals surface area contributed by atoms with Crippen LogP contribution in [-0.2, 0) is 5.60 Å². The van der Waals surface area contributed by atoms with E-state index in [1.54, 1.807) is 19.3 Å². The molecular formula is C13H16N2O. The molecule has 1 aromatic carbocycles. The highest BCUT2D eigenvalue weighted by atomic mass is 16.3. The normalized spacial score (nSPS) is 14.8. The predicted molar refractivity (Wildman–Crippen MR) is 63.2 cm³/mol. The minimum atomic E-state index is -1.07. The van der Waals surface area contributed by atoms with Crippen molar-refractivity contribution in [2.24, 2.45) is 0 Å². The molecule has 0 unspecified atom stereocenters. The molecule has 0 fully saturated rings. The quantitative estimate of drug-likeness (QED) is 0.809. The number of imidazole rings is 1. The average molecular weight is 216 g/mol. The maximum Gasteiger partial charge on any atom is 0.144 e. The maximum atomic E-state index is 10.5. The van der Waals surface area contributed by atoms with Gasteiger partial charge >= 0.3 is 0 Å². The Hall–Kier alpha value is -1.61. The predicted octanol–water partition coefficient (Wildman–Crippen LogP) is 2.28. The van der Waals surface area contributed by atoms with E-state index in [1.165, 1.54) is 0 Å². The molecule has 0 saturated heterocycles. The minimum Gasteiger partial charge on any atom is -0.377 e. The number of hydrogen-bond donors (Lipinski definition) is 2. The summed E-state index contributed by atoms with van der Waals surface area (Å²) in [7, 11) is 0. The van der Waals surface area contributed by atoms with Gasteiger partial charge in [0.15, 0.2) is 0 Å². The second-order valence-corrected chi connectivity index (χ2v) is 4.39. The van der Waals surface area contributed by atoms with E-state index in [4.69, 9.17) is 0 Å². The van der Waals surface area contributed by atoms with Crippen LogP contribution >= 0.6 is 0 Å². The molecule has 3 heteroatoms. The van der Waals surface area contributed by atoms with Gasteiger partial charge in [-0.2, -0.15) is 0 Å². The molecule has 2 aromatic rings. The van der Waals surface area contributed by atoms with Gasteiger partial charge in [0, 0.05) is 12.4 Å². The summed E-state index contributed by atoms with van der Waals surface area (Å²) < 4.78 is 0. The Labute approximate surface area is 95.2 Å². The van der Waals surface area contributed by atoms with E-state index < -0.39 is 5.60 Å². The van der Waals surface area contributed by atoms with E-state index in [0.717, 1.165) is 16.7 Å². The molecule has 0 saturated carbocycles. The van der Waals surface area contributed by atoms with Crippen LogP contribution in [0.2, 0.25) is 0 Å². The zero-order chi connectivity index (χ0) is 11.8. The van der Waals surface area contributed by atoms with Crippen LogP contribution in [0.25, 0.3) is 0 Å². The Morgan fingerprint density at radius 2 is 1.81 bits per heavy atom. The number of nitrogens with one attached hydrogen (secondary N) is 1. The molecule has 0 aliphatic rings. The summed E-state index contributed by atoms with van der Waals surface area (Å²) in [4.78, 5) is 7.07. The molecular weight excluding hydrogens is 200 g/mol. The Morgan fingerprint density at radius 3 is 2.31 bits per heavy atom. The Kier molecular flexibility index (Phi) is 2.56. The molecule has 84 valence electrons. The van der Waals surface area contributed by atoms with Gasteiger partial charge in [-0.1, -0.05) is 29.3 Å². The summed E-state index contributed by atoms with van der Waals surface area (Å²) in [6.07, 6.45) is 3.36. The van der Waals surface area contributed by atoms with Gasteiger partial charge in [-0.15, -0.1) is 0 Å². The van der Waals surface area contributed by atoms with Gasteiger partial charge < -0.3 is 10.1 Å². The van der Waals surface area contributed by atoms with Crippen molar-refractivity contribution in [2.45, 2.75) is 26.4 Å². The lowest BCUT2D eigenvalue weighted by molar-refractivity contribution is 0.0930. The smallest absolute Gasteiger partial charge is 0.144 e. The average Bonchev–Trinajstić information content (AvgIpc) is 2.69. The van der Waals surface area contributed by atoms with Gasteiger partial charge in [-0.25, -0.2) is 4.98 Å². The number of aryl methyl sites for hydroxylation is 2. The number of hydrogen-bond acceptors (Lipinski definition) is 2. The molecule has 0 aliphatic heterocycles. The highest BCUT2D eigenvalue weighted by Crippen LogP contribution is 2.27. The van der Waals surface area contributed by atoms with Crippen LogP contribution in [0.5, 0.6) is 0 Å². The van der Waals surface area contributed by atoms with Crippen LogP contribution in [0.15, 0.2) is 30.6 Å². The van der Waals surface area contributed by atoms with Crippen molar-refractivity contribution >= 4 is 0 Å². The summed E-state index contributed by atoms with van der Waals surface area (Å²) in [6, 6.07) is 6.05. The van der Waals surface area contributed by atoms with E-state index in [2.05, 4.69) is 16.0 Å². The van der Waals surface area contributed by atoms with Gasteiger partial charge in [0.1, 0.15) is 11.4 Å². The second-order valence-electron chi connectivity index (χ2n) is 4.39. The van der Waals surface area contributed by atoms with E-state index in [-0.39, 0.29) is 0 Å². The first kappa shape index (κ1) is 10.9. The first-order valence-electron chi connectivity index (χ1n) is 5.31. The standard InChI is InChI=1S/C13H16N2O/c1-9-6-10(2)8-11(7-9)13(3,16)12-14-4-5-15-12/h4-8,16H,1-3H3,(H,14,15)/t13-/m0/s1. The van der Waals surface area contributed by atoms with Gasteiger partial charge in [0.2, 0.25) is 0 Å². The number of aromatic amines is 1. The Morgan fingerprint density at radius 1 is 1.19 bits per heavy atom. The van der Waals surface area contributed by atoms with E-state index in [1.807, 2.05) is 26.0 Å². The van der Waals surface area contributed by atoms with Crippen LogP contribution in [0.3, 0.4) is 0 Å². The number of rotatable bonds is 2. The van der Waals surface area contributed by atoms with Crippen LogP contribution in [0.4, 0.5) is 0 Å². The number of benzene rings is 1. The van der Waals surface area contributed by atoms with Crippen LogP contribution in [0.1, 0.15) is 29.4 Å². The second kappa shape index (κ2) is 3.76. The SMILES string of the molecule is Cc1cc(C)cc([C@](C)(O)c2ncc[nH]2)c1. The number of H-pyrrole nitrogens is 1. The van der Waals surface area contributed by atoms with Crippen LogP contribution < -0.4 is 0 Å². The molecule has 2 rings (SSSR count). The van der Waals surface area contributed by atoms with Gasteiger partial charge in [-0.05, 0) is 26.3 Å². The van der Waals surface area contributed by atoms with Crippen molar-refractivity contribution in [2.75, 3.05) is 0 Å². The fourth-order valence-electron chi connectivity index (χ4n) is 1.92. The largest absolute Gasteiger partial charge is 0.377 e. The molecule has 0 aliphatic carbocycles. The van der Waals surface area contributed by atoms with Crippen molar-refractivity contribution in [1.82, 2.24) is 9.97 Å². The minimum absolute atomic E-state index is 0.567. The van der Waals surface area contributed by atoms with E-state index in [9.17, 15) is 5.11 Å². The monoisotopic (exact) mass is 216 g/mol. The topological polar surface area (TPSA) is 48.9 Å². The Balaban J connectivity index is 2.51. The fraction of sp³-hybridized carbons (Fsp3) is 0.308. The van der Waals surface area contributed by atoms with Gasteiger partial charge in [-0.3, -0.25) is 0 Å². The van der Waals surface area contributed by atoms with E-state index in [0.29, 0.717) is 5.82 Å². The fourth-order valence-corrected chi connectivity index (χ4v) is 1.92. The van der Waals surface area contributed by atoms with Crippen LogP contribution in [0, 0.1) is 13.8 Å². The summed E-state index contributed by atoms with van der Waals surface area (Å²) >= 11 is 0. The summed E-state index contributed by atoms with van der Waals surface area (Å²) in [5.41, 5.74) is 2.07. The lowest BCUT2D eigenvalue weighted by Crippen LogP contribution is -2.24. The number of nitrogens with zero attached hydrogens (tertiary/aromatic N) is 1. The summed E-state index contributed by atoms with van der Waals surface area (Å²) in [5, 5.41) is 10.5. The number of aromatic nitrogens is 2. The molecule has 0 amide bonds. The summed E-state index contributed by atoms with van der Waals surface area (Å²) in [5.74, 6) is 0.567. The molecule has 2 N–H and O–H groups in total. The highest BCUT2D eigenvalue weighted by molar-refractivity contribution is 5.35. The molecule has 0 bridgehead atoms. The molecule has 0 radical (unpaired) electrons. The van der Waals surface area contributed by atoms with Crippen molar-refractivity contribution in [3.8, 4) is 0 Å². The molecule has 3 nitrogen and oxygen atoms in total. The maximum absolute atomic E-state index is 10.5. The molecule has 1 heterocycles. The van der Waals surface area contributed by atoms with Crippen molar-refractivity contribution in [1.29, 1.82) is 0 Å². The first-order valence-corrected chi connectivity index (χ1v) is 5.31. The zero-order valence-corrected chi connectivity index (χ0v) is 9.78. The lowest BCUT2D eigenvalue weighted by Gasteiger charge is -2.22. The molecule has 1 atom stereocenters. The van der Waals surface area contributed by atoms with Gasteiger partial charge in [0.25, 0.3) is 0 Å². The van der Waals surface area contributed by atoms with Crippen molar-refractivity contribution < 1.29 is 5.11 Å². The van der Waals surface area contributed by atoms with Crippen molar-refractivity contribution in [3.63, 3.8) is 0 Å². The third-order valence-electron chi connectivity index (χ3n) is 2.74. The lowest BCUT2D eigenvalue weighted by atomic mass is 9.92. The van der Waals surface area contributed by atoms with E-state index >= 15 is 0 Å². The first-order chi connectivity index (χ1) is 7.50. The zero-order valence-electron chi connectivity index (χ0n) is 9.78. The third kappa shape index (κ3) is 1.86. The molecule has 1 aromatic heterocycles. The third-order valence-corrected chi connectivity index (χ3v) is 2.74. The van der Waals surface area contributed by atoms with Gasteiger partial charge in [0.05, 0.1) is 0 Å². The molecule has 0 spiro atoms. The number of aliphatic hydroxyl groups is 1. The molecule has 16 heavy (non-hydrogen) atoms. The summed E-state index contributed by atoms with van der Waals surface area (Å²) in [6.45, 7) is 5.80. The highest BCUT2D eigenvalue weighted by Gasteiger charge is 2.28. The Bertz CT molecular complexity index is 466. The van der Waals surface area contributed by atoms with Crippen LogP contribution in [-0.4, -0.2) is 15.1 Å². The van der Waals surface area contributed by atoms with Crippen molar-refractivity contribution in [3.05, 3.63) is 53.1 Å².